The third-order valence-corrected chi connectivity index (χ3v) is 1.95. The van der Waals surface area contributed by atoms with Gasteiger partial charge < -0.3 is 20.1 Å². The van der Waals surface area contributed by atoms with Crippen LogP contribution < -0.4 is 0 Å². The molecule has 1 aliphatic heterocycles. The van der Waals surface area contributed by atoms with Gasteiger partial charge in [-0.3, -0.25) is 0 Å². The number of nitroso groups, excluding NO2 is 1. The van der Waals surface area contributed by atoms with Crippen LogP contribution in [0.15, 0.2) is 5.18 Å². The minimum absolute atomic E-state index is 0.703. The van der Waals surface area contributed by atoms with Crippen molar-refractivity contribution in [2.24, 2.45) is 5.18 Å². The predicted octanol–water partition coefficient (Wildman–Crippen LogP) is -1.42. The fourth-order valence-corrected chi connectivity index (χ4v) is 1.15. The van der Waals surface area contributed by atoms with Crippen molar-refractivity contribution >= 4 is 0 Å². The van der Waals surface area contributed by atoms with Gasteiger partial charge in [-0.15, -0.1) is 0 Å². The molecule has 0 radical (unpaired) electrons. The quantitative estimate of drug-likeness (QED) is 0.427. The van der Waals surface area contributed by atoms with Gasteiger partial charge in [0.05, 0.1) is 6.10 Å². The summed E-state index contributed by atoms with van der Waals surface area (Å²) in [5, 5.41) is 29.8. The van der Waals surface area contributed by atoms with E-state index in [0.717, 1.165) is 0 Å². The van der Waals surface area contributed by atoms with Gasteiger partial charge in [0.2, 0.25) is 0 Å². The molecule has 6 heteroatoms. The van der Waals surface area contributed by atoms with Gasteiger partial charge in [0.25, 0.3) is 0 Å². The van der Waals surface area contributed by atoms with Crippen LogP contribution >= 0.6 is 0 Å². The van der Waals surface area contributed by atoms with Crippen LogP contribution in [0, 0.1) is 4.91 Å². The van der Waals surface area contributed by atoms with Crippen LogP contribution in [-0.4, -0.2) is 46.0 Å². The van der Waals surface area contributed by atoms with E-state index in [1.54, 1.807) is 0 Å². The van der Waals surface area contributed by atoms with Gasteiger partial charge in [0.15, 0.2) is 12.3 Å². The Morgan fingerprint density at radius 1 is 1.25 bits per heavy atom. The summed E-state index contributed by atoms with van der Waals surface area (Å²) in [6.45, 7) is 1.48. The van der Waals surface area contributed by atoms with Crippen LogP contribution in [0.25, 0.3) is 0 Å². The fraction of sp³-hybridized carbons (Fsp3) is 1.00. The van der Waals surface area contributed by atoms with E-state index < -0.39 is 30.6 Å². The SMILES string of the molecule is C[C@H]1O[C@H](O)[C@H](O)[C@@H](N=O)[C@@H]1O. The molecule has 0 aromatic carbocycles. The van der Waals surface area contributed by atoms with Crippen molar-refractivity contribution in [2.75, 3.05) is 0 Å². The number of hydrogen-bond donors (Lipinski definition) is 3. The highest BCUT2D eigenvalue weighted by Crippen LogP contribution is 2.21. The molecule has 1 saturated heterocycles. The molecule has 0 unspecified atom stereocenters. The van der Waals surface area contributed by atoms with E-state index in [4.69, 9.17) is 14.9 Å². The molecule has 70 valence electrons. The standard InChI is InChI=1S/C6H11NO5/c1-2-4(8)3(7-11)5(9)6(10)12-2/h2-6,8-10H,1H3/t2-,3+,4-,5-,6+/m1/s1. The maximum Gasteiger partial charge on any atom is 0.183 e. The summed E-state index contributed by atoms with van der Waals surface area (Å²) in [6.07, 6.45) is -4.77. The largest absolute Gasteiger partial charge is 0.388 e. The Bertz CT molecular complexity index is 161. The summed E-state index contributed by atoms with van der Waals surface area (Å²) in [5.41, 5.74) is 0. The Hall–Kier alpha value is -0.560. The van der Waals surface area contributed by atoms with E-state index in [2.05, 4.69) is 5.18 Å². The van der Waals surface area contributed by atoms with Gasteiger partial charge in [0, 0.05) is 0 Å². The molecule has 0 saturated carbocycles. The Labute approximate surface area is 68.7 Å². The van der Waals surface area contributed by atoms with Crippen molar-refractivity contribution in [1.82, 2.24) is 0 Å². The molecule has 3 N–H and O–H groups in total. The number of ether oxygens (including phenoxy) is 1. The van der Waals surface area contributed by atoms with Crippen molar-refractivity contribution in [1.29, 1.82) is 0 Å². The first-order chi connectivity index (χ1) is 5.57. The Morgan fingerprint density at radius 3 is 2.33 bits per heavy atom. The summed E-state index contributed by atoms with van der Waals surface area (Å²) in [6, 6.07) is -1.22. The van der Waals surface area contributed by atoms with E-state index in [1.807, 2.05) is 0 Å². The van der Waals surface area contributed by atoms with Crippen LogP contribution in [0.4, 0.5) is 0 Å². The molecular weight excluding hydrogens is 166 g/mol. The van der Waals surface area contributed by atoms with E-state index in [0.29, 0.717) is 0 Å². The molecule has 1 heterocycles. The van der Waals surface area contributed by atoms with Gasteiger partial charge in [0.1, 0.15) is 12.2 Å². The lowest BCUT2D eigenvalue weighted by atomic mass is 9.98. The highest BCUT2D eigenvalue weighted by atomic mass is 16.6. The number of rotatable bonds is 1. The molecule has 0 spiro atoms. The molecule has 1 aliphatic rings. The fourth-order valence-electron chi connectivity index (χ4n) is 1.15. The first kappa shape index (κ1) is 9.53. The third kappa shape index (κ3) is 1.46. The van der Waals surface area contributed by atoms with Crippen LogP contribution in [-0.2, 0) is 4.74 Å². The van der Waals surface area contributed by atoms with Gasteiger partial charge in [-0.1, -0.05) is 5.18 Å². The van der Waals surface area contributed by atoms with Gasteiger partial charge >= 0.3 is 0 Å². The van der Waals surface area contributed by atoms with Crippen molar-refractivity contribution in [2.45, 2.75) is 37.6 Å². The lowest BCUT2D eigenvalue weighted by Gasteiger charge is -2.35. The van der Waals surface area contributed by atoms with Gasteiger partial charge in [-0.2, -0.15) is 4.91 Å². The number of aliphatic hydroxyl groups is 3. The molecule has 1 rings (SSSR count). The van der Waals surface area contributed by atoms with Crippen LogP contribution in [0.3, 0.4) is 0 Å². The van der Waals surface area contributed by atoms with Crippen LogP contribution in [0.5, 0.6) is 0 Å². The van der Waals surface area contributed by atoms with Gasteiger partial charge in [-0.25, -0.2) is 0 Å². The van der Waals surface area contributed by atoms with E-state index >= 15 is 0 Å². The van der Waals surface area contributed by atoms with Crippen molar-refractivity contribution < 1.29 is 20.1 Å². The molecule has 5 atom stereocenters. The van der Waals surface area contributed by atoms with E-state index in [1.165, 1.54) is 6.92 Å². The van der Waals surface area contributed by atoms with Crippen molar-refractivity contribution in [3.05, 3.63) is 4.91 Å². The second-order valence-corrected chi connectivity index (χ2v) is 2.81. The first-order valence-corrected chi connectivity index (χ1v) is 3.60. The minimum Gasteiger partial charge on any atom is -0.388 e. The normalized spacial score (nSPS) is 48.8. The Kier molecular flexibility index (Phi) is 2.73. The maximum absolute atomic E-state index is 10.1. The maximum atomic E-state index is 10.1. The molecule has 1 fully saturated rings. The average molecular weight is 177 g/mol. The van der Waals surface area contributed by atoms with Crippen LogP contribution in [0.2, 0.25) is 0 Å². The molecule has 6 nitrogen and oxygen atoms in total. The first-order valence-electron chi connectivity index (χ1n) is 3.60. The lowest BCUT2D eigenvalue weighted by molar-refractivity contribution is -0.247. The smallest absolute Gasteiger partial charge is 0.183 e. The van der Waals surface area contributed by atoms with E-state index in [9.17, 15) is 10.0 Å². The molecule has 0 bridgehead atoms. The zero-order valence-electron chi connectivity index (χ0n) is 6.49. The number of nitrogens with zero attached hydrogens (tertiary/aromatic N) is 1. The minimum atomic E-state index is -1.45. The summed E-state index contributed by atoms with van der Waals surface area (Å²) in [5.74, 6) is 0. The number of hydrogen-bond acceptors (Lipinski definition) is 6. The second kappa shape index (κ2) is 3.44. The summed E-state index contributed by atoms with van der Waals surface area (Å²) < 4.78 is 4.70. The second-order valence-electron chi connectivity index (χ2n) is 2.81. The molecule has 12 heavy (non-hydrogen) atoms. The third-order valence-electron chi connectivity index (χ3n) is 1.95. The summed E-state index contributed by atoms with van der Waals surface area (Å²) in [4.78, 5) is 10.1. The van der Waals surface area contributed by atoms with Gasteiger partial charge in [-0.05, 0) is 6.92 Å². The highest BCUT2D eigenvalue weighted by Gasteiger charge is 2.43. The predicted molar refractivity (Wildman–Crippen MR) is 38.2 cm³/mol. The van der Waals surface area contributed by atoms with Crippen LogP contribution in [0.1, 0.15) is 6.92 Å². The zero-order chi connectivity index (χ0) is 9.30. The molecule has 0 amide bonds. The number of aliphatic hydroxyl groups excluding tert-OH is 3. The van der Waals surface area contributed by atoms with Crippen molar-refractivity contribution in [3.8, 4) is 0 Å². The highest BCUT2D eigenvalue weighted by molar-refractivity contribution is 4.91. The lowest BCUT2D eigenvalue weighted by Crippen LogP contribution is -2.55. The molecular formula is C6H11NO5. The van der Waals surface area contributed by atoms with E-state index in [-0.39, 0.29) is 0 Å². The summed E-state index contributed by atoms with van der Waals surface area (Å²) in [7, 11) is 0. The molecule has 0 aromatic rings. The zero-order valence-corrected chi connectivity index (χ0v) is 6.49. The average Bonchev–Trinajstić information content (AvgIpc) is 2.02. The molecule has 0 aliphatic carbocycles. The topological polar surface area (TPSA) is 99.4 Å². The Balaban J connectivity index is 2.73. The van der Waals surface area contributed by atoms with Crippen molar-refractivity contribution in [3.63, 3.8) is 0 Å². The monoisotopic (exact) mass is 177 g/mol. The Morgan fingerprint density at radius 2 is 1.83 bits per heavy atom. The molecule has 0 aromatic heterocycles. The summed E-state index contributed by atoms with van der Waals surface area (Å²) >= 11 is 0.